The molecular formula is C29H21BO2. The molecule has 0 saturated carbocycles. The second-order valence-electron chi connectivity index (χ2n) is 8.34. The van der Waals surface area contributed by atoms with E-state index in [1.54, 1.807) is 0 Å². The van der Waals surface area contributed by atoms with Gasteiger partial charge in [0, 0.05) is 0 Å². The largest absolute Gasteiger partial charge is 0.489 e. The Morgan fingerprint density at radius 1 is 0.531 bits per heavy atom. The third-order valence-corrected chi connectivity index (χ3v) is 6.77. The molecule has 0 unspecified atom stereocenters. The van der Waals surface area contributed by atoms with Crippen LogP contribution in [0, 0.1) is 0 Å². The van der Waals surface area contributed by atoms with E-state index in [9.17, 15) is 10.0 Å². The van der Waals surface area contributed by atoms with E-state index in [0.29, 0.717) is 5.46 Å². The van der Waals surface area contributed by atoms with Gasteiger partial charge in [-0.25, -0.2) is 0 Å². The Hall–Kier alpha value is -3.66. The lowest BCUT2D eigenvalue weighted by Crippen LogP contribution is -2.34. The van der Waals surface area contributed by atoms with Crippen molar-refractivity contribution in [3.8, 4) is 11.1 Å². The Bertz CT molecular complexity index is 1400. The Balaban J connectivity index is 1.87. The summed E-state index contributed by atoms with van der Waals surface area (Å²) in [4.78, 5) is 0. The highest BCUT2D eigenvalue weighted by Gasteiger charge is 2.47. The van der Waals surface area contributed by atoms with Crippen molar-refractivity contribution in [2.75, 3.05) is 0 Å². The molecule has 1 aliphatic carbocycles. The van der Waals surface area contributed by atoms with Crippen LogP contribution in [0.3, 0.4) is 0 Å². The van der Waals surface area contributed by atoms with Crippen LogP contribution < -0.4 is 5.46 Å². The van der Waals surface area contributed by atoms with Gasteiger partial charge in [0.25, 0.3) is 0 Å². The van der Waals surface area contributed by atoms with Crippen LogP contribution in [0.4, 0.5) is 0 Å². The highest BCUT2D eigenvalue weighted by atomic mass is 16.4. The van der Waals surface area contributed by atoms with Crippen molar-refractivity contribution in [2.24, 2.45) is 0 Å². The van der Waals surface area contributed by atoms with Crippen molar-refractivity contribution < 1.29 is 10.0 Å². The third-order valence-electron chi connectivity index (χ3n) is 6.77. The zero-order valence-corrected chi connectivity index (χ0v) is 17.4. The van der Waals surface area contributed by atoms with Gasteiger partial charge in [0.1, 0.15) is 0 Å². The van der Waals surface area contributed by atoms with Gasteiger partial charge in [0.05, 0.1) is 5.41 Å². The van der Waals surface area contributed by atoms with E-state index < -0.39 is 12.5 Å². The maximum Gasteiger partial charge on any atom is 0.489 e. The summed E-state index contributed by atoms with van der Waals surface area (Å²) in [6, 6.07) is 39.6. The summed E-state index contributed by atoms with van der Waals surface area (Å²) < 4.78 is 0. The monoisotopic (exact) mass is 412 g/mol. The Labute approximate surface area is 187 Å². The molecule has 0 saturated heterocycles. The molecule has 2 nitrogen and oxygen atoms in total. The number of benzene rings is 5. The predicted octanol–water partition coefficient (Wildman–Crippen LogP) is 4.88. The standard InChI is InChI=1S/C29H21BO2/c31-30(32)27-19-26-28(23-16-8-7-15-22(23)27)24-17-9-10-18-25(24)29(26,20-11-3-1-4-12-20)21-13-5-2-6-14-21/h1-19,31-32H. The smallest absolute Gasteiger partial charge is 0.423 e. The average Bonchev–Trinajstić information content (AvgIpc) is 3.16. The normalized spacial score (nSPS) is 13.6. The summed E-state index contributed by atoms with van der Waals surface area (Å²) in [6.07, 6.45) is 0. The summed E-state index contributed by atoms with van der Waals surface area (Å²) in [6.45, 7) is 0. The van der Waals surface area contributed by atoms with Crippen molar-refractivity contribution in [2.45, 2.75) is 5.41 Å². The van der Waals surface area contributed by atoms with Gasteiger partial charge in [0.2, 0.25) is 0 Å². The topological polar surface area (TPSA) is 40.5 Å². The van der Waals surface area contributed by atoms with E-state index >= 15 is 0 Å². The van der Waals surface area contributed by atoms with E-state index in [4.69, 9.17) is 0 Å². The first kappa shape index (κ1) is 19.1. The minimum atomic E-state index is -1.56. The first-order valence-electron chi connectivity index (χ1n) is 10.9. The first-order valence-corrected chi connectivity index (χ1v) is 10.9. The summed E-state index contributed by atoms with van der Waals surface area (Å²) in [7, 11) is -1.56. The lowest BCUT2D eigenvalue weighted by Gasteiger charge is -2.34. The van der Waals surface area contributed by atoms with E-state index in [-0.39, 0.29) is 0 Å². The maximum atomic E-state index is 10.3. The molecule has 0 aromatic heterocycles. The molecule has 0 spiro atoms. The Kier molecular flexibility index (Phi) is 4.29. The van der Waals surface area contributed by atoms with Crippen LogP contribution in [0.2, 0.25) is 0 Å². The van der Waals surface area contributed by atoms with Gasteiger partial charge in [-0.05, 0) is 49.6 Å². The van der Waals surface area contributed by atoms with Gasteiger partial charge in [-0.3, -0.25) is 0 Å². The lowest BCUT2D eigenvalue weighted by molar-refractivity contribution is 0.426. The summed E-state index contributed by atoms with van der Waals surface area (Å²) in [5, 5.41) is 22.6. The van der Waals surface area contributed by atoms with Gasteiger partial charge in [0.15, 0.2) is 0 Å². The molecule has 0 radical (unpaired) electrons. The molecule has 0 amide bonds. The van der Waals surface area contributed by atoms with Crippen molar-refractivity contribution >= 4 is 23.4 Å². The summed E-state index contributed by atoms with van der Waals surface area (Å²) in [5.74, 6) is 0. The zero-order chi connectivity index (χ0) is 21.7. The quantitative estimate of drug-likeness (QED) is 0.407. The summed E-state index contributed by atoms with van der Waals surface area (Å²) >= 11 is 0. The van der Waals surface area contributed by atoms with Crippen LogP contribution >= 0.6 is 0 Å². The van der Waals surface area contributed by atoms with Gasteiger partial charge in [-0.1, -0.05) is 115 Å². The van der Waals surface area contributed by atoms with Crippen LogP contribution in [0.25, 0.3) is 21.9 Å². The maximum absolute atomic E-state index is 10.3. The predicted molar refractivity (Wildman–Crippen MR) is 131 cm³/mol. The van der Waals surface area contributed by atoms with Crippen molar-refractivity contribution in [3.63, 3.8) is 0 Å². The molecule has 6 rings (SSSR count). The van der Waals surface area contributed by atoms with Crippen LogP contribution in [0.5, 0.6) is 0 Å². The molecule has 0 aliphatic heterocycles. The van der Waals surface area contributed by atoms with E-state index in [1.165, 1.54) is 11.1 Å². The molecule has 0 fully saturated rings. The molecule has 1 aliphatic rings. The molecule has 3 heteroatoms. The van der Waals surface area contributed by atoms with Gasteiger partial charge in [-0.15, -0.1) is 0 Å². The van der Waals surface area contributed by atoms with E-state index in [1.807, 2.05) is 36.4 Å². The second kappa shape index (κ2) is 7.20. The van der Waals surface area contributed by atoms with Crippen LogP contribution in [0.1, 0.15) is 22.3 Å². The fourth-order valence-electron chi connectivity index (χ4n) is 5.54. The highest BCUT2D eigenvalue weighted by Crippen LogP contribution is 2.57. The average molecular weight is 412 g/mol. The van der Waals surface area contributed by atoms with E-state index in [2.05, 4.69) is 78.9 Å². The summed E-state index contributed by atoms with van der Waals surface area (Å²) in [5.41, 5.74) is 6.93. The SMILES string of the molecule is OB(O)c1cc2c(c3ccccc13)-c1ccccc1C2(c1ccccc1)c1ccccc1. The Morgan fingerprint density at radius 3 is 1.69 bits per heavy atom. The lowest BCUT2D eigenvalue weighted by atomic mass is 9.65. The van der Waals surface area contributed by atoms with Crippen molar-refractivity contribution in [3.05, 3.63) is 138 Å². The van der Waals surface area contributed by atoms with Crippen molar-refractivity contribution in [1.29, 1.82) is 0 Å². The Morgan fingerprint density at radius 2 is 1.06 bits per heavy atom. The zero-order valence-electron chi connectivity index (χ0n) is 17.4. The second-order valence-corrected chi connectivity index (χ2v) is 8.34. The number of hydrogen-bond donors (Lipinski definition) is 2. The number of rotatable bonds is 3. The van der Waals surface area contributed by atoms with Gasteiger partial charge >= 0.3 is 7.12 Å². The molecule has 32 heavy (non-hydrogen) atoms. The first-order chi connectivity index (χ1) is 15.7. The molecule has 152 valence electrons. The molecule has 5 aromatic rings. The minimum absolute atomic E-state index is 0.531. The van der Waals surface area contributed by atoms with Gasteiger partial charge < -0.3 is 10.0 Å². The molecule has 0 heterocycles. The number of fused-ring (bicyclic) bond motifs is 5. The van der Waals surface area contributed by atoms with Crippen molar-refractivity contribution in [1.82, 2.24) is 0 Å². The number of hydrogen-bond acceptors (Lipinski definition) is 2. The molecule has 0 bridgehead atoms. The highest BCUT2D eigenvalue weighted by molar-refractivity contribution is 6.62. The minimum Gasteiger partial charge on any atom is -0.423 e. The third kappa shape index (κ3) is 2.50. The molecular weight excluding hydrogens is 391 g/mol. The molecule has 0 atom stereocenters. The van der Waals surface area contributed by atoms with Crippen LogP contribution in [-0.4, -0.2) is 17.2 Å². The molecule has 2 N–H and O–H groups in total. The van der Waals surface area contributed by atoms with Gasteiger partial charge in [-0.2, -0.15) is 0 Å². The van der Waals surface area contributed by atoms with Crippen LogP contribution in [0.15, 0.2) is 115 Å². The van der Waals surface area contributed by atoms with Crippen LogP contribution in [-0.2, 0) is 5.41 Å². The fourth-order valence-corrected chi connectivity index (χ4v) is 5.54. The fraction of sp³-hybridized carbons (Fsp3) is 0.0345. The van der Waals surface area contributed by atoms with E-state index in [0.717, 1.165) is 33.0 Å². The molecule has 5 aromatic carbocycles.